The van der Waals surface area contributed by atoms with Gasteiger partial charge in [-0.15, -0.1) is 5.10 Å². The number of para-hydroxylation sites is 2. The second-order valence-corrected chi connectivity index (χ2v) is 7.32. The summed E-state index contributed by atoms with van der Waals surface area (Å²) in [4.78, 5) is 29.1. The minimum atomic E-state index is -0.794. The Labute approximate surface area is 180 Å². The highest BCUT2D eigenvalue weighted by Crippen LogP contribution is 2.28. The predicted molar refractivity (Wildman–Crippen MR) is 108 cm³/mol. The first-order chi connectivity index (χ1) is 15.5. The Bertz CT molecular complexity index is 1370. The van der Waals surface area contributed by atoms with Crippen LogP contribution in [0, 0.1) is 12.7 Å². The largest absolute Gasteiger partial charge is 0.489 e. The Morgan fingerprint density at radius 1 is 1.31 bits per heavy atom. The van der Waals surface area contributed by atoms with E-state index in [1.54, 1.807) is 43.3 Å². The number of aryl methyl sites for hydroxylation is 1. The zero-order valence-corrected chi connectivity index (χ0v) is 16.8. The molecule has 0 saturated heterocycles. The summed E-state index contributed by atoms with van der Waals surface area (Å²) in [7, 11) is 0. The Balaban J connectivity index is 1.36. The number of aromatic nitrogens is 5. The Kier molecular flexibility index (Phi) is 4.77. The molecule has 2 aromatic heterocycles. The number of H-pyrrole nitrogens is 1. The van der Waals surface area contributed by atoms with Gasteiger partial charge < -0.3 is 10.1 Å². The van der Waals surface area contributed by atoms with Gasteiger partial charge in [-0.2, -0.15) is 0 Å². The molecular formula is C21H17FN6O4. The third-order valence-electron chi connectivity index (χ3n) is 5.06. The topological polar surface area (TPSA) is 128 Å². The molecule has 1 amide bonds. The molecule has 0 unspecified atom stereocenters. The van der Waals surface area contributed by atoms with E-state index in [-0.39, 0.29) is 30.5 Å². The van der Waals surface area contributed by atoms with Crippen LogP contribution < -0.4 is 15.8 Å². The summed E-state index contributed by atoms with van der Waals surface area (Å²) >= 11 is 0. The molecule has 0 saturated carbocycles. The number of hydrogen-bond acceptors (Lipinski definition) is 7. The first-order valence-electron chi connectivity index (χ1n) is 9.77. The van der Waals surface area contributed by atoms with Gasteiger partial charge in [-0.1, -0.05) is 29.4 Å². The van der Waals surface area contributed by atoms with E-state index in [9.17, 15) is 14.0 Å². The van der Waals surface area contributed by atoms with Gasteiger partial charge >= 0.3 is 5.76 Å². The van der Waals surface area contributed by atoms with Crippen LogP contribution in [0.4, 0.5) is 4.39 Å². The van der Waals surface area contributed by atoms with Crippen LogP contribution in [0.15, 0.2) is 51.8 Å². The molecule has 1 atom stereocenters. The number of nitrogens with zero attached hydrogens (tertiary/aromatic N) is 4. The van der Waals surface area contributed by atoms with Crippen LogP contribution in [-0.4, -0.2) is 37.4 Å². The van der Waals surface area contributed by atoms with E-state index in [1.807, 2.05) is 0 Å². The van der Waals surface area contributed by atoms with Gasteiger partial charge in [0.25, 0.3) is 5.91 Å². The standard InChI is InChI=1S/C21H17FN6O4/c1-11-6-7-12(13(22)8-11)9-17-24-18(26-25-17)20(29)23-14-10-31-16-5-3-2-4-15(16)28-19(14)27-32-21(28)30/h2-8,14H,9-10H2,1H3,(H,23,29)(H,24,25,26)/t14-/m0/s1. The van der Waals surface area contributed by atoms with Gasteiger partial charge in [0, 0.05) is 6.42 Å². The maximum atomic E-state index is 14.1. The van der Waals surface area contributed by atoms with Crippen LogP contribution in [0.5, 0.6) is 5.75 Å². The molecule has 0 spiro atoms. The van der Waals surface area contributed by atoms with Crippen LogP contribution in [0.3, 0.4) is 0 Å². The highest BCUT2D eigenvalue weighted by atomic mass is 19.1. The summed E-state index contributed by atoms with van der Waals surface area (Å²) < 4.78 is 25.9. The molecule has 2 N–H and O–H groups in total. The van der Waals surface area contributed by atoms with Gasteiger partial charge in [0.05, 0.1) is 5.69 Å². The molecule has 1 aliphatic rings. The van der Waals surface area contributed by atoms with Crippen LogP contribution in [-0.2, 0) is 6.42 Å². The summed E-state index contributed by atoms with van der Waals surface area (Å²) in [5.41, 5.74) is 1.70. The van der Waals surface area contributed by atoms with E-state index in [0.29, 0.717) is 22.8 Å². The van der Waals surface area contributed by atoms with E-state index in [0.717, 1.165) is 5.56 Å². The lowest BCUT2D eigenvalue weighted by Gasteiger charge is -2.13. The normalized spacial score (nSPS) is 14.8. The van der Waals surface area contributed by atoms with Crippen LogP contribution >= 0.6 is 0 Å². The number of ether oxygens (including phenoxy) is 1. The summed E-state index contributed by atoms with van der Waals surface area (Å²) in [6.07, 6.45) is 0.150. The number of rotatable bonds is 4. The van der Waals surface area contributed by atoms with Gasteiger partial charge in [-0.25, -0.2) is 18.7 Å². The molecule has 162 valence electrons. The summed E-state index contributed by atoms with van der Waals surface area (Å²) in [6, 6.07) is 11.0. The molecule has 2 aromatic carbocycles. The third kappa shape index (κ3) is 3.53. The zero-order chi connectivity index (χ0) is 22.2. The number of nitrogens with one attached hydrogen (secondary N) is 2. The van der Waals surface area contributed by atoms with Crippen molar-refractivity contribution < 1.29 is 18.4 Å². The van der Waals surface area contributed by atoms with Crippen molar-refractivity contribution >= 4 is 5.91 Å². The number of amides is 1. The van der Waals surface area contributed by atoms with E-state index in [4.69, 9.17) is 9.26 Å². The molecule has 4 aromatic rings. The first kappa shape index (κ1) is 19.7. The number of halogens is 1. The minimum Gasteiger partial charge on any atom is -0.489 e. The molecule has 10 nitrogen and oxygen atoms in total. The number of carbonyl (C=O) groups excluding carboxylic acids is 1. The number of carbonyl (C=O) groups is 1. The van der Waals surface area contributed by atoms with Crippen molar-refractivity contribution in [3.8, 4) is 11.4 Å². The van der Waals surface area contributed by atoms with E-state index in [2.05, 4.69) is 25.7 Å². The molecule has 0 aliphatic carbocycles. The molecule has 1 aliphatic heterocycles. The van der Waals surface area contributed by atoms with Crippen LogP contribution in [0.2, 0.25) is 0 Å². The van der Waals surface area contributed by atoms with Crippen LogP contribution in [0.1, 0.15) is 39.4 Å². The van der Waals surface area contributed by atoms with Gasteiger partial charge in [0.1, 0.15) is 30.0 Å². The number of fused-ring (bicyclic) bond motifs is 3. The monoisotopic (exact) mass is 436 g/mol. The highest BCUT2D eigenvalue weighted by Gasteiger charge is 2.30. The third-order valence-corrected chi connectivity index (χ3v) is 5.06. The second-order valence-electron chi connectivity index (χ2n) is 7.32. The maximum Gasteiger partial charge on any atom is 0.446 e. The quantitative estimate of drug-likeness (QED) is 0.500. The van der Waals surface area contributed by atoms with Gasteiger partial charge in [0.15, 0.2) is 5.82 Å². The fourth-order valence-electron chi connectivity index (χ4n) is 3.49. The van der Waals surface area contributed by atoms with Crippen molar-refractivity contribution in [2.45, 2.75) is 19.4 Å². The molecule has 11 heteroatoms. The first-order valence-corrected chi connectivity index (χ1v) is 9.77. The van der Waals surface area contributed by atoms with Gasteiger partial charge in [-0.05, 0) is 36.2 Å². The average molecular weight is 436 g/mol. The molecule has 32 heavy (non-hydrogen) atoms. The van der Waals surface area contributed by atoms with E-state index in [1.165, 1.54) is 10.6 Å². The summed E-state index contributed by atoms with van der Waals surface area (Å²) in [5.74, 6) is -0.822. The van der Waals surface area contributed by atoms with Crippen molar-refractivity contribution in [1.82, 2.24) is 30.2 Å². The summed E-state index contributed by atoms with van der Waals surface area (Å²) in [5, 5.41) is 13.1. The number of aromatic amines is 1. The van der Waals surface area contributed by atoms with Crippen molar-refractivity contribution in [3.05, 3.63) is 87.4 Å². The van der Waals surface area contributed by atoms with Crippen molar-refractivity contribution in [3.63, 3.8) is 0 Å². The van der Waals surface area contributed by atoms with Gasteiger partial charge in [-0.3, -0.25) is 14.4 Å². The van der Waals surface area contributed by atoms with Crippen molar-refractivity contribution in [2.75, 3.05) is 6.61 Å². The fourth-order valence-corrected chi connectivity index (χ4v) is 3.49. The van der Waals surface area contributed by atoms with E-state index >= 15 is 0 Å². The minimum absolute atomic E-state index is 0.0145. The fraction of sp³-hybridized carbons (Fsp3) is 0.190. The lowest BCUT2D eigenvalue weighted by Crippen LogP contribution is -2.34. The predicted octanol–water partition coefficient (Wildman–Crippen LogP) is 1.85. The zero-order valence-electron chi connectivity index (χ0n) is 16.8. The molecule has 5 rings (SSSR count). The molecule has 3 heterocycles. The van der Waals surface area contributed by atoms with Crippen molar-refractivity contribution in [1.29, 1.82) is 0 Å². The molecule has 0 radical (unpaired) electrons. The average Bonchev–Trinajstić information content (AvgIpc) is 3.36. The Morgan fingerprint density at radius 3 is 3.00 bits per heavy atom. The SMILES string of the molecule is Cc1ccc(Cc2nc(C(=O)N[C@H]3COc4ccccc4-n4c3noc4=O)n[nH]2)c(F)c1. The van der Waals surface area contributed by atoms with E-state index < -0.39 is 17.7 Å². The maximum absolute atomic E-state index is 14.1. The molecular weight excluding hydrogens is 419 g/mol. The Morgan fingerprint density at radius 2 is 2.16 bits per heavy atom. The summed E-state index contributed by atoms with van der Waals surface area (Å²) in [6.45, 7) is 1.81. The van der Waals surface area contributed by atoms with Crippen LogP contribution in [0.25, 0.3) is 5.69 Å². The smallest absolute Gasteiger partial charge is 0.446 e. The van der Waals surface area contributed by atoms with Crippen molar-refractivity contribution in [2.24, 2.45) is 0 Å². The number of benzene rings is 2. The number of hydrogen-bond donors (Lipinski definition) is 2. The van der Waals surface area contributed by atoms with Gasteiger partial charge in [0.2, 0.25) is 5.82 Å². The molecule has 0 fully saturated rings. The lowest BCUT2D eigenvalue weighted by molar-refractivity contribution is 0.0908. The second kappa shape index (κ2) is 7.76. The Hall–Kier alpha value is -4.28. The molecule has 0 bridgehead atoms. The lowest BCUT2D eigenvalue weighted by atomic mass is 10.1. The highest BCUT2D eigenvalue weighted by molar-refractivity contribution is 5.90.